The number of esters is 1. The molecule has 3 heteroatoms. The Morgan fingerprint density at radius 3 is 2.08 bits per heavy atom. The maximum atomic E-state index is 13.0. The van der Waals surface area contributed by atoms with Crippen molar-refractivity contribution in [3.63, 3.8) is 0 Å². The molecule has 0 aromatic heterocycles. The fourth-order valence-electron chi connectivity index (χ4n) is 2.77. The first-order chi connectivity index (χ1) is 11.8. The summed E-state index contributed by atoms with van der Waals surface area (Å²) in [5, 5.41) is 0. The summed E-state index contributed by atoms with van der Waals surface area (Å²) >= 11 is 0. The number of hydrogen-bond donors (Lipinski definition) is 0. The number of Topliss-reactive ketones (excluding diaryl/α,β-unsaturated/α-hetero) is 1. The van der Waals surface area contributed by atoms with Crippen molar-refractivity contribution in [1.29, 1.82) is 0 Å². The summed E-state index contributed by atoms with van der Waals surface area (Å²) in [6.45, 7) is 8.52. The predicted molar refractivity (Wildman–Crippen MR) is 99.9 cm³/mol. The summed E-state index contributed by atoms with van der Waals surface area (Å²) in [6.07, 6.45) is 0.0520. The summed E-state index contributed by atoms with van der Waals surface area (Å²) in [4.78, 5) is 25.0. The van der Waals surface area contributed by atoms with Crippen molar-refractivity contribution in [3.8, 4) is 0 Å². The van der Waals surface area contributed by atoms with Crippen LogP contribution in [0, 0.1) is 0 Å². The number of hydrogen-bond acceptors (Lipinski definition) is 3. The van der Waals surface area contributed by atoms with Crippen molar-refractivity contribution in [2.45, 2.75) is 45.4 Å². The number of ether oxygens (including phenoxy) is 1. The molecule has 0 aliphatic carbocycles. The van der Waals surface area contributed by atoms with Crippen LogP contribution in [0.2, 0.25) is 0 Å². The molecular weight excluding hydrogens is 312 g/mol. The smallest absolute Gasteiger partial charge is 0.306 e. The second kappa shape index (κ2) is 8.11. The van der Waals surface area contributed by atoms with Gasteiger partial charge in [-0.1, -0.05) is 75.4 Å². The normalized spacial score (nSPS) is 12.5. The van der Waals surface area contributed by atoms with E-state index in [2.05, 4.69) is 20.8 Å². The Kier molecular flexibility index (Phi) is 6.13. The van der Waals surface area contributed by atoms with Crippen LogP contribution < -0.4 is 0 Å². The van der Waals surface area contributed by atoms with Gasteiger partial charge in [-0.2, -0.15) is 0 Å². The van der Waals surface area contributed by atoms with Crippen molar-refractivity contribution in [1.82, 2.24) is 0 Å². The van der Waals surface area contributed by atoms with E-state index in [9.17, 15) is 9.59 Å². The highest BCUT2D eigenvalue weighted by Crippen LogP contribution is 2.28. The fraction of sp³-hybridized carbons (Fsp3) is 0.364. The second-order valence-corrected chi connectivity index (χ2v) is 7.16. The lowest BCUT2D eigenvalue weighted by Gasteiger charge is -2.21. The highest BCUT2D eigenvalue weighted by molar-refractivity contribution is 6.02. The minimum absolute atomic E-state index is 0.0403. The summed E-state index contributed by atoms with van der Waals surface area (Å²) in [5.74, 6) is -0.940. The highest BCUT2D eigenvalue weighted by Gasteiger charge is 2.26. The van der Waals surface area contributed by atoms with E-state index in [1.807, 2.05) is 42.5 Å². The van der Waals surface area contributed by atoms with Crippen LogP contribution in [0.1, 0.15) is 61.5 Å². The van der Waals surface area contributed by atoms with Gasteiger partial charge >= 0.3 is 5.97 Å². The first-order valence-corrected chi connectivity index (χ1v) is 8.68. The summed E-state index contributed by atoms with van der Waals surface area (Å²) < 4.78 is 5.07. The molecule has 0 radical (unpaired) electrons. The molecule has 0 amide bonds. The molecule has 0 fully saturated rings. The topological polar surface area (TPSA) is 43.4 Å². The van der Waals surface area contributed by atoms with Crippen molar-refractivity contribution < 1.29 is 14.3 Å². The summed E-state index contributed by atoms with van der Waals surface area (Å²) in [6, 6.07) is 17.1. The van der Waals surface area contributed by atoms with E-state index in [4.69, 9.17) is 4.74 Å². The van der Waals surface area contributed by atoms with Crippen molar-refractivity contribution in [3.05, 3.63) is 71.3 Å². The fourth-order valence-corrected chi connectivity index (χ4v) is 2.77. The molecule has 0 saturated carbocycles. The molecule has 3 nitrogen and oxygen atoms in total. The van der Waals surface area contributed by atoms with E-state index in [-0.39, 0.29) is 23.6 Å². The van der Waals surface area contributed by atoms with Crippen LogP contribution in [0.5, 0.6) is 0 Å². The third-order valence-electron chi connectivity index (χ3n) is 4.23. The molecule has 0 saturated heterocycles. The van der Waals surface area contributed by atoms with Crippen LogP contribution in [-0.4, -0.2) is 18.4 Å². The minimum atomic E-state index is -0.532. The molecule has 2 aromatic carbocycles. The quantitative estimate of drug-likeness (QED) is 0.555. The number of carbonyl (C=O) groups excluding carboxylic acids is 2. The van der Waals surface area contributed by atoms with Gasteiger partial charge in [0.15, 0.2) is 5.78 Å². The van der Waals surface area contributed by atoms with Gasteiger partial charge in [-0.05, 0) is 23.5 Å². The maximum absolute atomic E-state index is 13.0. The third-order valence-corrected chi connectivity index (χ3v) is 4.23. The maximum Gasteiger partial charge on any atom is 0.306 e. The van der Waals surface area contributed by atoms with Crippen molar-refractivity contribution in [2.24, 2.45) is 0 Å². The number of carbonyl (C=O) groups is 2. The Hall–Kier alpha value is -2.42. The van der Waals surface area contributed by atoms with E-state index < -0.39 is 5.92 Å². The van der Waals surface area contributed by atoms with Gasteiger partial charge in [0.1, 0.15) is 0 Å². The lowest BCUT2D eigenvalue weighted by atomic mass is 9.83. The summed E-state index contributed by atoms with van der Waals surface area (Å²) in [5.41, 5.74) is 2.68. The lowest BCUT2D eigenvalue weighted by molar-refractivity contribution is -0.143. The average Bonchev–Trinajstić information content (AvgIpc) is 2.59. The van der Waals surface area contributed by atoms with E-state index in [1.54, 1.807) is 19.1 Å². The summed E-state index contributed by atoms with van der Waals surface area (Å²) in [7, 11) is 0. The molecule has 0 spiro atoms. The zero-order chi connectivity index (χ0) is 18.4. The van der Waals surface area contributed by atoms with Crippen LogP contribution >= 0.6 is 0 Å². The molecule has 1 unspecified atom stereocenters. The van der Waals surface area contributed by atoms with Crippen LogP contribution in [0.25, 0.3) is 0 Å². The molecule has 0 bridgehead atoms. The van der Waals surface area contributed by atoms with Gasteiger partial charge in [0.25, 0.3) is 0 Å². The number of benzene rings is 2. The van der Waals surface area contributed by atoms with Crippen LogP contribution in [0.3, 0.4) is 0 Å². The molecular formula is C22H26O3. The zero-order valence-electron chi connectivity index (χ0n) is 15.4. The Morgan fingerprint density at radius 1 is 0.960 bits per heavy atom. The molecule has 0 aliphatic rings. The van der Waals surface area contributed by atoms with Crippen molar-refractivity contribution in [2.75, 3.05) is 6.61 Å². The van der Waals surface area contributed by atoms with Crippen molar-refractivity contribution >= 4 is 11.8 Å². The molecule has 0 heterocycles. The van der Waals surface area contributed by atoms with Gasteiger partial charge < -0.3 is 4.74 Å². The van der Waals surface area contributed by atoms with E-state index in [0.717, 1.165) is 5.56 Å². The monoisotopic (exact) mass is 338 g/mol. The van der Waals surface area contributed by atoms with Gasteiger partial charge in [0, 0.05) is 5.56 Å². The van der Waals surface area contributed by atoms with Gasteiger partial charge in [-0.15, -0.1) is 0 Å². The van der Waals surface area contributed by atoms with Gasteiger partial charge in [-0.3, -0.25) is 9.59 Å². The van der Waals surface area contributed by atoms with E-state index >= 15 is 0 Å². The SMILES string of the molecule is CCOC(=O)CC(C(=O)c1ccccc1)c1ccc(C(C)(C)C)cc1. The van der Waals surface area contributed by atoms with Gasteiger partial charge in [0.2, 0.25) is 0 Å². The standard InChI is InChI=1S/C22H26O3/c1-5-25-20(23)15-19(21(24)17-9-7-6-8-10-17)16-11-13-18(14-12-16)22(2,3)4/h6-14,19H,5,15H2,1-4H3. The molecule has 132 valence electrons. The Labute approximate surface area is 150 Å². The van der Waals surface area contributed by atoms with E-state index in [0.29, 0.717) is 12.2 Å². The minimum Gasteiger partial charge on any atom is -0.466 e. The van der Waals surface area contributed by atoms with Gasteiger partial charge in [-0.25, -0.2) is 0 Å². The Morgan fingerprint density at radius 2 is 1.56 bits per heavy atom. The molecule has 0 aliphatic heterocycles. The number of ketones is 1. The Bertz CT molecular complexity index is 709. The predicted octanol–water partition coefficient (Wildman–Crippen LogP) is 4.90. The third kappa shape index (κ3) is 5.02. The lowest BCUT2D eigenvalue weighted by Crippen LogP contribution is -2.19. The molecule has 2 rings (SSSR count). The average molecular weight is 338 g/mol. The highest BCUT2D eigenvalue weighted by atomic mass is 16.5. The van der Waals surface area contributed by atoms with Crippen LogP contribution in [0.4, 0.5) is 0 Å². The molecule has 0 N–H and O–H groups in total. The van der Waals surface area contributed by atoms with Gasteiger partial charge in [0.05, 0.1) is 18.9 Å². The Balaban J connectivity index is 2.34. The zero-order valence-corrected chi connectivity index (χ0v) is 15.4. The second-order valence-electron chi connectivity index (χ2n) is 7.16. The van der Waals surface area contributed by atoms with E-state index in [1.165, 1.54) is 5.56 Å². The van der Waals surface area contributed by atoms with Crippen LogP contribution in [-0.2, 0) is 14.9 Å². The molecule has 2 aromatic rings. The number of rotatable bonds is 6. The largest absolute Gasteiger partial charge is 0.466 e. The molecule has 25 heavy (non-hydrogen) atoms. The van der Waals surface area contributed by atoms with Crippen LogP contribution in [0.15, 0.2) is 54.6 Å². The first-order valence-electron chi connectivity index (χ1n) is 8.68. The molecule has 1 atom stereocenters. The first kappa shape index (κ1) is 18.9.